The Labute approximate surface area is 264 Å². The largest absolute Gasteiger partial charge is 0.459 e. The first-order chi connectivity index (χ1) is 21.2. The highest BCUT2D eigenvalue weighted by Crippen LogP contribution is 2.81. The summed E-state index contributed by atoms with van der Waals surface area (Å²) in [6.45, 7) is 12.3. The molecule has 0 aromatic rings. The zero-order chi connectivity index (χ0) is 32.5. The molecule has 5 fully saturated rings. The molecule has 3 aliphatic carbocycles. The molecule has 0 bridgehead atoms. The fourth-order valence-corrected chi connectivity index (χ4v) is 11.1. The number of epoxide rings is 1. The van der Waals surface area contributed by atoms with E-state index in [9.17, 15) is 14.7 Å². The van der Waals surface area contributed by atoms with Crippen LogP contribution >= 0.6 is 0 Å². The number of carbonyl (C=O) groups is 2. The Hall–Kier alpha value is -1.70. The minimum Gasteiger partial charge on any atom is -0.459 e. The van der Waals surface area contributed by atoms with Gasteiger partial charge < -0.3 is 47.8 Å². The third-order valence-corrected chi connectivity index (χ3v) is 13.4. The second kappa shape index (κ2) is 9.92. The molecule has 2 saturated carbocycles. The van der Waals surface area contributed by atoms with Crippen LogP contribution in [0.15, 0.2) is 23.8 Å². The third-order valence-electron chi connectivity index (χ3n) is 13.4. The van der Waals surface area contributed by atoms with Crippen LogP contribution in [0.4, 0.5) is 0 Å². The van der Waals surface area contributed by atoms with Gasteiger partial charge >= 0.3 is 5.97 Å². The van der Waals surface area contributed by atoms with Gasteiger partial charge in [0, 0.05) is 55.3 Å². The van der Waals surface area contributed by atoms with E-state index in [1.807, 2.05) is 46.8 Å². The summed E-state index contributed by atoms with van der Waals surface area (Å²) in [5.41, 5.74) is -3.98. The lowest BCUT2D eigenvalue weighted by molar-refractivity contribution is -0.274. The second-order valence-corrected chi connectivity index (χ2v) is 15.2. The standard InChI is InChI=1S/C34H48O11/c1-10-17(2)26(36)43-25-22-23-29(3,16-41-22)11-12-33(37)31(23,5)24(28(40-9)45-33)32(25,6)34-20(44-34)14-19(30(34,4)15-35)18-13-21(38-7)42-27(18)39-8/h11-13,15,17,19-25,27-28,37H,10,14,16H2,1-9H3/t17-,19-,20+,21+,22+,23-,24-,25+,27-,28+,29-,30-,31-,32-,33-,34+/m0/s1. The first kappa shape index (κ1) is 31.9. The maximum Gasteiger partial charge on any atom is 0.309 e. The van der Waals surface area contributed by atoms with E-state index in [-0.39, 0.29) is 29.8 Å². The van der Waals surface area contributed by atoms with E-state index in [1.165, 1.54) is 0 Å². The van der Waals surface area contributed by atoms with Crippen molar-refractivity contribution in [2.45, 2.75) is 103 Å². The summed E-state index contributed by atoms with van der Waals surface area (Å²) in [5.74, 6) is -3.55. The van der Waals surface area contributed by atoms with Crippen LogP contribution in [0.25, 0.3) is 0 Å². The molecule has 7 aliphatic rings. The molecule has 0 aromatic heterocycles. The lowest BCUT2D eigenvalue weighted by Gasteiger charge is -2.64. The Balaban J connectivity index is 1.44. The Bertz CT molecular complexity index is 1330. The van der Waals surface area contributed by atoms with Gasteiger partial charge in [0.1, 0.15) is 18.0 Å². The number of fused-ring (bicyclic) bond motifs is 1. The zero-order valence-electron chi connectivity index (χ0n) is 27.7. The Kier molecular flexibility index (Phi) is 7.02. The molecule has 0 amide bonds. The van der Waals surface area contributed by atoms with Crippen LogP contribution in [0.1, 0.15) is 54.4 Å². The highest BCUT2D eigenvalue weighted by atomic mass is 16.8. The van der Waals surface area contributed by atoms with Crippen molar-refractivity contribution in [1.29, 1.82) is 0 Å². The summed E-state index contributed by atoms with van der Waals surface area (Å²) in [5, 5.41) is 12.3. The number of aliphatic hydroxyl groups is 1. The van der Waals surface area contributed by atoms with Crippen molar-refractivity contribution in [3.05, 3.63) is 23.8 Å². The van der Waals surface area contributed by atoms with Crippen LogP contribution in [-0.2, 0) is 47.5 Å². The monoisotopic (exact) mass is 632 g/mol. The van der Waals surface area contributed by atoms with Gasteiger partial charge in [0.25, 0.3) is 0 Å². The average Bonchev–Trinajstić information content (AvgIpc) is 3.24. The number of hydrogen-bond acceptors (Lipinski definition) is 11. The molecule has 0 aromatic carbocycles. The summed E-state index contributed by atoms with van der Waals surface area (Å²) in [7, 11) is 4.68. The molecule has 0 radical (unpaired) electrons. The first-order valence-corrected chi connectivity index (χ1v) is 16.2. The van der Waals surface area contributed by atoms with E-state index < -0.39 is 70.0 Å². The molecule has 0 spiro atoms. The lowest BCUT2D eigenvalue weighted by Crippen LogP contribution is -2.74. The van der Waals surface area contributed by atoms with Gasteiger partial charge in [-0.3, -0.25) is 4.79 Å². The summed E-state index contributed by atoms with van der Waals surface area (Å²) in [4.78, 5) is 27.4. The predicted octanol–water partition coefficient (Wildman–Crippen LogP) is 3.13. The molecule has 0 unspecified atom stereocenters. The Morgan fingerprint density at radius 1 is 1.07 bits per heavy atom. The lowest BCUT2D eigenvalue weighted by atomic mass is 9.39. The maximum absolute atomic E-state index is 13.8. The summed E-state index contributed by atoms with van der Waals surface area (Å²) in [6, 6.07) is 0. The molecular formula is C34H48O11. The Morgan fingerprint density at radius 3 is 2.42 bits per heavy atom. The molecule has 16 atom stereocenters. The van der Waals surface area contributed by atoms with Crippen molar-refractivity contribution < 1.29 is 52.6 Å². The van der Waals surface area contributed by atoms with E-state index in [1.54, 1.807) is 27.4 Å². The number of hydrogen-bond donors (Lipinski definition) is 1. The van der Waals surface area contributed by atoms with Crippen molar-refractivity contribution in [1.82, 2.24) is 0 Å². The molecular weight excluding hydrogens is 584 g/mol. The highest BCUT2D eigenvalue weighted by molar-refractivity contribution is 5.73. The first-order valence-electron chi connectivity index (χ1n) is 16.2. The van der Waals surface area contributed by atoms with E-state index >= 15 is 0 Å². The number of methoxy groups -OCH3 is 3. The van der Waals surface area contributed by atoms with E-state index in [0.717, 1.165) is 11.9 Å². The van der Waals surface area contributed by atoms with Crippen molar-refractivity contribution in [2.75, 3.05) is 27.9 Å². The van der Waals surface area contributed by atoms with Crippen LogP contribution in [0, 0.1) is 45.3 Å². The van der Waals surface area contributed by atoms with Crippen LogP contribution in [0.3, 0.4) is 0 Å². The van der Waals surface area contributed by atoms with Crippen molar-refractivity contribution in [3.63, 3.8) is 0 Å². The summed E-state index contributed by atoms with van der Waals surface area (Å²) in [6.07, 6.45) is 3.70. The fraction of sp³-hybridized carbons (Fsp3) is 0.824. The minimum atomic E-state index is -1.69. The van der Waals surface area contributed by atoms with E-state index in [0.29, 0.717) is 19.4 Å². The molecule has 1 N–H and O–H groups in total. The number of aldehydes is 1. The number of rotatable bonds is 9. The molecule has 45 heavy (non-hydrogen) atoms. The van der Waals surface area contributed by atoms with Crippen molar-refractivity contribution in [2.24, 2.45) is 45.3 Å². The van der Waals surface area contributed by atoms with Crippen molar-refractivity contribution in [3.8, 4) is 0 Å². The minimum absolute atomic E-state index is 0.285. The fourth-order valence-electron chi connectivity index (χ4n) is 11.1. The van der Waals surface area contributed by atoms with Crippen LogP contribution in [0.2, 0.25) is 0 Å². The molecule has 3 saturated heterocycles. The predicted molar refractivity (Wildman–Crippen MR) is 157 cm³/mol. The van der Waals surface area contributed by atoms with Gasteiger partial charge in [-0.15, -0.1) is 0 Å². The average molecular weight is 633 g/mol. The quantitative estimate of drug-likeness (QED) is 0.174. The number of esters is 1. The van der Waals surface area contributed by atoms with E-state index in [4.69, 9.17) is 37.9 Å². The smallest absolute Gasteiger partial charge is 0.309 e. The van der Waals surface area contributed by atoms with Gasteiger partial charge in [0.2, 0.25) is 0 Å². The summed E-state index contributed by atoms with van der Waals surface area (Å²) >= 11 is 0. The van der Waals surface area contributed by atoms with Gasteiger partial charge in [-0.25, -0.2) is 0 Å². The number of ether oxygens (including phenoxy) is 8. The van der Waals surface area contributed by atoms with Crippen LogP contribution < -0.4 is 0 Å². The Morgan fingerprint density at radius 2 is 1.80 bits per heavy atom. The molecule has 4 heterocycles. The SMILES string of the molecule is CC[C@H](C)C(=O)O[C@@H]1[C@@H]2OC[C@]3(C)C=C[C@]4(O)O[C@@H](OC)[C@H]([C@]1(C)[C@@]15O[C@@H]1C[C@@H](C1=C[C@H](OC)O[C@@H]1OC)[C@]5(C)C=O)[C@]4(C)[C@@H]23. The summed E-state index contributed by atoms with van der Waals surface area (Å²) < 4.78 is 49.8. The molecule has 11 nitrogen and oxygen atoms in total. The normalized spacial score (nSPS) is 56.0. The molecule has 4 aliphatic heterocycles. The van der Waals surface area contributed by atoms with Gasteiger partial charge in [0.05, 0.1) is 30.1 Å². The highest BCUT2D eigenvalue weighted by Gasteiger charge is 2.91. The molecule has 11 heteroatoms. The van der Waals surface area contributed by atoms with Gasteiger partial charge in [-0.1, -0.05) is 40.7 Å². The van der Waals surface area contributed by atoms with Gasteiger partial charge in [-0.2, -0.15) is 0 Å². The van der Waals surface area contributed by atoms with Gasteiger partial charge in [0.15, 0.2) is 24.7 Å². The van der Waals surface area contributed by atoms with E-state index in [2.05, 4.69) is 6.92 Å². The number of carbonyl (C=O) groups excluding carboxylic acids is 2. The van der Waals surface area contributed by atoms with Crippen LogP contribution in [0.5, 0.6) is 0 Å². The van der Waals surface area contributed by atoms with Crippen molar-refractivity contribution >= 4 is 12.3 Å². The topological polar surface area (TPSA) is 132 Å². The second-order valence-electron chi connectivity index (χ2n) is 15.2. The maximum atomic E-state index is 13.8. The van der Waals surface area contributed by atoms with Crippen LogP contribution in [-0.4, -0.2) is 93.9 Å². The molecule has 7 rings (SSSR count). The zero-order valence-corrected chi connectivity index (χ0v) is 27.7. The molecule has 250 valence electrons. The third kappa shape index (κ3) is 3.54. The van der Waals surface area contributed by atoms with Gasteiger partial charge in [-0.05, 0) is 37.5 Å².